The summed E-state index contributed by atoms with van der Waals surface area (Å²) in [5.41, 5.74) is 2.14. The van der Waals surface area contributed by atoms with Crippen molar-refractivity contribution in [1.82, 2.24) is 24.7 Å². The fraction of sp³-hybridized carbons (Fsp3) is 0.269. The van der Waals surface area contributed by atoms with E-state index in [-0.39, 0.29) is 29.7 Å². The Morgan fingerprint density at radius 2 is 1.81 bits per heavy atom. The highest BCUT2D eigenvalue weighted by Gasteiger charge is 2.36. The number of benzene rings is 2. The second kappa shape index (κ2) is 9.31. The molecule has 4 heterocycles. The van der Waals surface area contributed by atoms with Crippen molar-refractivity contribution in [2.75, 3.05) is 26.2 Å². The third-order valence-corrected chi connectivity index (χ3v) is 7.92. The number of carbonyl (C=O) groups is 2. The average molecular weight is 524 g/mol. The van der Waals surface area contributed by atoms with Crippen molar-refractivity contribution in [1.29, 1.82) is 0 Å². The maximum Gasteiger partial charge on any atom is 0.282 e. The van der Waals surface area contributed by atoms with E-state index in [2.05, 4.69) is 10.3 Å². The van der Waals surface area contributed by atoms with Crippen molar-refractivity contribution >= 4 is 45.7 Å². The van der Waals surface area contributed by atoms with Crippen molar-refractivity contribution in [3.63, 3.8) is 0 Å². The molecule has 0 radical (unpaired) electrons. The minimum atomic E-state index is -0.294. The first-order chi connectivity index (χ1) is 17.5. The van der Waals surface area contributed by atoms with Gasteiger partial charge in [-0.2, -0.15) is 0 Å². The summed E-state index contributed by atoms with van der Waals surface area (Å²) in [6, 6.07) is 12.2. The van der Waals surface area contributed by atoms with Crippen LogP contribution in [0.4, 0.5) is 4.39 Å². The Balaban J connectivity index is 1.08. The van der Waals surface area contributed by atoms with Gasteiger partial charge in [0.15, 0.2) is 5.01 Å². The fourth-order valence-corrected chi connectivity index (χ4v) is 5.79. The third-order valence-electron chi connectivity index (χ3n) is 6.85. The Bertz CT molecular complexity index is 1430. The van der Waals surface area contributed by atoms with Crippen LogP contribution < -0.4 is 5.32 Å². The predicted molar refractivity (Wildman–Crippen MR) is 137 cm³/mol. The number of thiazole rings is 1. The normalized spacial score (nSPS) is 18.1. The Labute approximate surface area is 216 Å². The first-order valence-corrected chi connectivity index (χ1v) is 13.0. The van der Waals surface area contributed by atoms with Gasteiger partial charge in [0.2, 0.25) is 0 Å². The van der Waals surface area contributed by atoms with Crippen molar-refractivity contribution in [3.05, 3.63) is 81.6 Å². The van der Waals surface area contributed by atoms with E-state index in [9.17, 15) is 14.0 Å². The van der Waals surface area contributed by atoms with Crippen LogP contribution >= 0.6 is 22.9 Å². The molecule has 0 aliphatic carbocycles. The first-order valence-electron chi connectivity index (χ1n) is 11.8. The van der Waals surface area contributed by atoms with Gasteiger partial charge in [-0.05, 0) is 48.9 Å². The highest BCUT2D eigenvalue weighted by atomic mass is 35.5. The van der Waals surface area contributed by atoms with E-state index in [0.29, 0.717) is 41.8 Å². The standard InChI is InChI=1S/C26H23ClFN5O2S/c27-22-12-23-16(5-9-33(23)20-3-1-17(28)2-4-20)11-21(22)25(34)32-14-19(15-32)30-18-6-8-31(13-18)26(35)24-29-7-10-36-24/h1-5,7,9-12,18-19,30H,6,8,13-15H2. The Hall–Kier alpha value is -3.27. The zero-order valence-corrected chi connectivity index (χ0v) is 20.8. The van der Waals surface area contributed by atoms with E-state index < -0.39 is 0 Å². The SMILES string of the molecule is O=C(c1nccs1)N1CCC(NC2CN(C(=O)c3cc4ccn(-c5ccc(F)cc5)c4cc3Cl)C2)C1. The topological polar surface area (TPSA) is 70.5 Å². The summed E-state index contributed by atoms with van der Waals surface area (Å²) in [7, 11) is 0. The van der Waals surface area contributed by atoms with Crippen molar-refractivity contribution in [2.24, 2.45) is 0 Å². The summed E-state index contributed by atoms with van der Waals surface area (Å²) in [5.74, 6) is -0.405. The molecule has 2 aliphatic rings. The molecule has 2 aromatic heterocycles. The minimum Gasteiger partial charge on any atom is -0.335 e. The van der Waals surface area contributed by atoms with Gasteiger partial charge in [0.25, 0.3) is 11.8 Å². The Morgan fingerprint density at radius 3 is 2.56 bits per heavy atom. The van der Waals surface area contributed by atoms with E-state index in [4.69, 9.17) is 11.6 Å². The number of amides is 2. The largest absolute Gasteiger partial charge is 0.335 e. The number of halogens is 2. The maximum atomic E-state index is 13.3. The highest BCUT2D eigenvalue weighted by Crippen LogP contribution is 2.29. The molecule has 1 atom stereocenters. The minimum absolute atomic E-state index is 0.0157. The second-order valence-electron chi connectivity index (χ2n) is 9.20. The molecule has 6 rings (SSSR count). The van der Waals surface area contributed by atoms with E-state index >= 15 is 0 Å². The van der Waals surface area contributed by atoms with Crippen LogP contribution in [0.1, 0.15) is 26.6 Å². The first kappa shape index (κ1) is 23.1. The summed E-state index contributed by atoms with van der Waals surface area (Å²) in [4.78, 5) is 33.4. The molecule has 2 amide bonds. The summed E-state index contributed by atoms with van der Waals surface area (Å²) < 4.78 is 15.2. The van der Waals surface area contributed by atoms with Crippen molar-refractivity contribution < 1.29 is 14.0 Å². The molecule has 0 saturated carbocycles. The Kier molecular flexibility index (Phi) is 5.99. The number of nitrogens with zero attached hydrogens (tertiary/aromatic N) is 4. The number of fused-ring (bicyclic) bond motifs is 1. The van der Waals surface area contributed by atoms with Gasteiger partial charge in [-0.1, -0.05) is 11.6 Å². The van der Waals surface area contributed by atoms with Gasteiger partial charge in [-0.25, -0.2) is 9.37 Å². The lowest BCUT2D eigenvalue weighted by Gasteiger charge is -2.41. The van der Waals surface area contributed by atoms with Crippen LogP contribution in [-0.4, -0.2) is 69.4 Å². The molecule has 184 valence electrons. The van der Waals surface area contributed by atoms with Crippen molar-refractivity contribution in [3.8, 4) is 5.69 Å². The van der Waals surface area contributed by atoms with Gasteiger partial charge in [-0.15, -0.1) is 11.3 Å². The van der Waals surface area contributed by atoms with Gasteiger partial charge >= 0.3 is 0 Å². The van der Waals surface area contributed by atoms with Crippen molar-refractivity contribution in [2.45, 2.75) is 18.5 Å². The van der Waals surface area contributed by atoms with E-state index in [1.165, 1.54) is 23.5 Å². The van der Waals surface area contributed by atoms with Gasteiger partial charge in [0.05, 0.1) is 16.1 Å². The number of carbonyl (C=O) groups excluding carboxylic acids is 2. The van der Waals surface area contributed by atoms with Gasteiger partial charge < -0.3 is 19.7 Å². The lowest BCUT2D eigenvalue weighted by Crippen LogP contribution is -2.62. The number of likely N-dealkylation sites (tertiary alicyclic amines) is 2. The van der Waals surface area contributed by atoms with Gasteiger partial charge in [0, 0.05) is 67.1 Å². The molecule has 2 saturated heterocycles. The maximum absolute atomic E-state index is 13.3. The molecule has 0 spiro atoms. The Morgan fingerprint density at radius 1 is 1.03 bits per heavy atom. The van der Waals surface area contributed by atoms with E-state index in [1.807, 2.05) is 33.2 Å². The second-order valence-corrected chi connectivity index (χ2v) is 10.5. The molecular formula is C26H23ClFN5O2S. The molecule has 2 fully saturated rings. The average Bonchev–Trinajstić information content (AvgIpc) is 3.61. The quantitative estimate of drug-likeness (QED) is 0.425. The van der Waals surface area contributed by atoms with Crippen LogP contribution in [0.2, 0.25) is 5.02 Å². The number of aromatic nitrogens is 2. The lowest BCUT2D eigenvalue weighted by atomic mass is 10.0. The molecule has 2 aliphatic heterocycles. The molecule has 1 unspecified atom stereocenters. The zero-order chi connectivity index (χ0) is 24.8. The number of hydrogen-bond donors (Lipinski definition) is 1. The van der Waals surface area contributed by atoms with Crippen LogP contribution in [0.15, 0.2) is 60.2 Å². The van der Waals surface area contributed by atoms with Crippen LogP contribution in [0.5, 0.6) is 0 Å². The predicted octanol–water partition coefficient (Wildman–Crippen LogP) is 4.21. The molecule has 0 bridgehead atoms. The lowest BCUT2D eigenvalue weighted by molar-refractivity contribution is 0.0553. The summed E-state index contributed by atoms with van der Waals surface area (Å²) >= 11 is 7.91. The molecule has 10 heteroatoms. The zero-order valence-electron chi connectivity index (χ0n) is 19.2. The third kappa shape index (κ3) is 4.27. The van der Waals surface area contributed by atoms with Gasteiger partial charge in [0.1, 0.15) is 5.82 Å². The monoisotopic (exact) mass is 523 g/mol. The molecule has 4 aromatic rings. The molecule has 2 aromatic carbocycles. The highest BCUT2D eigenvalue weighted by molar-refractivity contribution is 7.11. The van der Waals surface area contributed by atoms with Crippen LogP contribution in [-0.2, 0) is 0 Å². The molecule has 36 heavy (non-hydrogen) atoms. The fourth-order valence-electron chi connectivity index (χ4n) is 4.95. The van der Waals surface area contributed by atoms with Crippen LogP contribution in [0.25, 0.3) is 16.6 Å². The smallest absolute Gasteiger partial charge is 0.282 e. The van der Waals surface area contributed by atoms with E-state index in [0.717, 1.165) is 23.0 Å². The number of rotatable bonds is 5. The molecule has 1 N–H and O–H groups in total. The number of nitrogens with one attached hydrogen (secondary N) is 1. The van der Waals surface area contributed by atoms with E-state index in [1.54, 1.807) is 29.3 Å². The van der Waals surface area contributed by atoms with Crippen LogP contribution in [0, 0.1) is 5.82 Å². The number of hydrogen-bond acceptors (Lipinski definition) is 5. The molecule has 7 nitrogen and oxygen atoms in total. The summed E-state index contributed by atoms with van der Waals surface area (Å²) in [6.07, 6.45) is 4.42. The summed E-state index contributed by atoms with van der Waals surface area (Å²) in [5, 5.41) is 7.19. The van der Waals surface area contributed by atoms with Crippen LogP contribution in [0.3, 0.4) is 0 Å². The summed E-state index contributed by atoms with van der Waals surface area (Å²) in [6.45, 7) is 2.55. The molecular weight excluding hydrogens is 501 g/mol. The van der Waals surface area contributed by atoms with Gasteiger partial charge in [-0.3, -0.25) is 9.59 Å².